The first kappa shape index (κ1) is 16.7. The van der Waals surface area contributed by atoms with Crippen LogP contribution in [-0.4, -0.2) is 30.0 Å². The molecule has 6 heteroatoms. The summed E-state index contributed by atoms with van der Waals surface area (Å²) in [5.74, 6) is 1.04. The predicted molar refractivity (Wildman–Crippen MR) is 93.5 cm³/mol. The molecule has 2 aromatic rings. The molecule has 1 aliphatic heterocycles. The molecule has 1 fully saturated rings. The molecular weight excluding hydrogens is 326 g/mol. The Hall–Kier alpha value is -2.18. The summed E-state index contributed by atoms with van der Waals surface area (Å²) in [5.41, 5.74) is 2.06. The Bertz CT molecular complexity index is 707. The first-order valence-electron chi connectivity index (χ1n) is 7.62. The predicted octanol–water partition coefficient (Wildman–Crippen LogP) is 3.06. The van der Waals surface area contributed by atoms with Gasteiger partial charge in [-0.05, 0) is 23.3 Å². The standard InChI is InChI=1S/C18H19NO4S/c1-22-16-9-13(17-19-14(11-24-17)18(20)21)7-8-15(16)23-10-12-5-3-2-4-6-12/h2-9,14,17,19H,10-11H2,1H3,(H,20,21). The highest BCUT2D eigenvalue weighted by atomic mass is 32.2. The van der Waals surface area contributed by atoms with Crippen molar-refractivity contribution in [3.8, 4) is 11.5 Å². The SMILES string of the molecule is COc1cc(C2NC(C(=O)O)CS2)ccc1OCc1ccccc1. The van der Waals surface area contributed by atoms with E-state index in [0.29, 0.717) is 23.9 Å². The van der Waals surface area contributed by atoms with Crippen LogP contribution in [-0.2, 0) is 11.4 Å². The molecule has 0 aromatic heterocycles. The van der Waals surface area contributed by atoms with E-state index >= 15 is 0 Å². The normalized spacial score (nSPS) is 19.9. The number of rotatable bonds is 6. The van der Waals surface area contributed by atoms with Crippen molar-refractivity contribution in [1.82, 2.24) is 5.32 Å². The number of hydrogen-bond acceptors (Lipinski definition) is 5. The number of carboxylic acids is 1. The zero-order valence-corrected chi connectivity index (χ0v) is 14.1. The third-order valence-electron chi connectivity index (χ3n) is 3.81. The molecule has 0 radical (unpaired) electrons. The molecule has 0 amide bonds. The Morgan fingerprint density at radius 1 is 1.25 bits per heavy atom. The molecule has 2 N–H and O–H groups in total. The molecule has 3 rings (SSSR count). The second-order valence-corrected chi connectivity index (χ2v) is 6.59. The molecule has 0 spiro atoms. The molecule has 0 saturated carbocycles. The average Bonchev–Trinajstić information content (AvgIpc) is 3.11. The van der Waals surface area contributed by atoms with Crippen molar-refractivity contribution in [2.24, 2.45) is 0 Å². The van der Waals surface area contributed by atoms with E-state index in [4.69, 9.17) is 14.6 Å². The van der Waals surface area contributed by atoms with Crippen LogP contribution in [0.1, 0.15) is 16.5 Å². The van der Waals surface area contributed by atoms with Gasteiger partial charge in [-0.3, -0.25) is 10.1 Å². The number of aliphatic carboxylic acids is 1. The number of carboxylic acid groups (broad SMARTS) is 1. The zero-order chi connectivity index (χ0) is 16.9. The van der Waals surface area contributed by atoms with Crippen LogP contribution >= 0.6 is 11.8 Å². The minimum Gasteiger partial charge on any atom is -0.493 e. The van der Waals surface area contributed by atoms with E-state index in [1.807, 2.05) is 48.5 Å². The molecule has 126 valence electrons. The van der Waals surface area contributed by atoms with Crippen molar-refractivity contribution in [3.05, 3.63) is 59.7 Å². The van der Waals surface area contributed by atoms with Gasteiger partial charge < -0.3 is 14.6 Å². The third-order valence-corrected chi connectivity index (χ3v) is 5.08. The van der Waals surface area contributed by atoms with Crippen LogP contribution in [0.3, 0.4) is 0 Å². The summed E-state index contributed by atoms with van der Waals surface area (Å²) in [6, 6.07) is 15.1. The van der Waals surface area contributed by atoms with Gasteiger partial charge in [0.15, 0.2) is 11.5 Å². The van der Waals surface area contributed by atoms with Crippen molar-refractivity contribution < 1.29 is 19.4 Å². The summed E-state index contributed by atoms with van der Waals surface area (Å²) < 4.78 is 11.3. The Kier molecular flexibility index (Phi) is 5.27. The lowest BCUT2D eigenvalue weighted by molar-refractivity contribution is -0.138. The largest absolute Gasteiger partial charge is 0.493 e. The van der Waals surface area contributed by atoms with Crippen LogP contribution in [0.5, 0.6) is 11.5 Å². The average molecular weight is 345 g/mol. The number of methoxy groups -OCH3 is 1. The van der Waals surface area contributed by atoms with E-state index in [0.717, 1.165) is 11.1 Å². The van der Waals surface area contributed by atoms with Gasteiger partial charge >= 0.3 is 5.97 Å². The van der Waals surface area contributed by atoms with Gasteiger partial charge in [0, 0.05) is 5.75 Å². The Morgan fingerprint density at radius 2 is 2.04 bits per heavy atom. The van der Waals surface area contributed by atoms with E-state index in [1.165, 1.54) is 0 Å². The van der Waals surface area contributed by atoms with Gasteiger partial charge in [-0.25, -0.2) is 0 Å². The molecule has 1 heterocycles. The van der Waals surface area contributed by atoms with Gasteiger partial charge in [0.25, 0.3) is 0 Å². The van der Waals surface area contributed by atoms with Crippen LogP contribution in [0.15, 0.2) is 48.5 Å². The molecule has 2 atom stereocenters. The molecule has 0 bridgehead atoms. The number of thioether (sulfide) groups is 1. The number of nitrogens with one attached hydrogen (secondary N) is 1. The molecule has 2 aromatic carbocycles. The molecule has 1 saturated heterocycles. The second-order valence-electron chi connectivity index (χ2n) is 5.46. The summed E-state index contributed by atoms with van der Waals surface area (Å²) in [5, 5.41) is 12.1. The molecular formula is C18H19NO4S. The number of benzene rings is 2. The molecule has 24 heavy (non-hydrogen) atoms. The van der Waals surface area contributed by atoms with E-state index in [2.05, 4.69) is 5.32 Å². The van der Waals surface area contributed by atoms with E-state index in [9.17, 15) is 4.79 Å². The van der Waals surface area contributed by atoms with Crippen molar-refractivity contribution in [2.75, 3.05) is 12.9 Å². The summed E-state index contributed by atoms with van der Waals surface area (Å²) >= 11 is 1.58. The summed E-state index contributed by atoms with van der Waals surface area (Å²) in [6.45, 7) is 0.466. The number of carbonyl (C=O) groups is 1. The van der Waals surface area contributed by atoms with Crippen LogP contribution in [0.2, 0.25) is 0 Å². The van der Waals surface area contributed by atoms with Crippen LogP contribution in [0.4, 0.5) is 0 Å². The maximum absolute atomic E-state index is 11.1. The lowest BCUT2D eigenvalue weighted by Crippen LogP contribution is -2.33. The van der Waals surface area contributed by atoms with Gasteiger partial charge in [0.2, 0.25) is 0 Å². The lowest BCUT2D eigenvalue weighted by atomic mass is 10.2. The first-order chi connectivity index (χ1) is 11.7. The molecule has 2 unspecified atom stereocenters. The number of hydrogen-bond donors (Lipinski definition) is 2. The van der Waals surface area contributed by atoms with Gasteiger partial charge in [-0.1, -0.05) is 36.4 Å². The van der Waals surface area contributed by atoms with E-state index in [1.54, 1.807) is 18.9 Å². The Labute approximate surface area is 145 Å². The van der Waals surface area contributed by atoms with Crippen molar-refractivity contribution in [1.29, 1.82) is 0 Å². The topological polar surface area (TPSA) is 67.8 Å². The lowest BCUT2D eigenvalue weighted by Gasteiger charge is -2.15. The highest BCUT2D eigenvalue weighted by molar-refractivity contribution is 7.99. The van der Waals surface area contributed by atoms with Gasteiger partial charge in [0.1, 0.15) is 12.6 Å². The van der Waals surface area contributed by atoms with Crippen molar-refractivity contribution in [3.63, 3.8) is 0 Å². The quantitative estimate of drug-likeness (QED) is 0.839. The van der Waals surface area contributed by atoms with E-state index in [-0.39, 0.29) is 5.37 Å². The monoisotopic (exact) mass is 345 g/mol. The molecule has 5 nitrogen and oxygen atoms in total. The summed E-state index contributed by atoms with van der Waals surface area (Å²) in [4.78, 5) is 11.1. The molecule has 0 aliphatic carbocycles. The fourth-order valence-electron chi connectivity index (χ4n) is 2.51. The van der Waals surface area contributed by atoms with E-state index < -0.39 is 12.0 Å². The number of ether oxygens (including phenoxy) is 2. The smallest absolute Gasteiger partial charge is 0.321 e. The fraction of sp³-hybridized carbons (Fsp3) is 0.278. The minimum absolute atomic E-state index is 0.0526. The van der Waals surface area contributed by atoms with Gasteiger partial charge in [-0.2, -0.15) is 0 Å². The summed E-state index contributed by atoms with van der Waals surface area (Å²) in [6.07, 6.45) is 0. The maximum atomic E-state index is 11.1. The van der Waals surface area contributed by atoms with Crippen LogP contribution in [0.25, 0.3) is 0 Å². The second kappa shape index (κ2) is 7.59. The zero-order valence-electron chi connectivity index (χ0n) is 13.3. The summed E-state index contributed by atoms with van der Waals surface area (Å²) in [7, 11) is 1.60. The van der Waals surface area contributed by atoms with Gasteiger partial charge in [0.05, 0.1) is 12.5 Å². The third kappa shape index (κ3) is 3.83. The van der Waals surface area contributed by atoms with Crippen LogP contribution in [0, 0.1) is 0 Å². The highest BCUT2D eigenvalue weighted by Crippen LogP contribution is 2.37. The Morgan fingerprint density at radius 3 is 2.71 bits per heavy atom. The van der Waals surface area contributed by atoms with Crippen molar-refractivity contribution >= 4 is 17.7 Å². The van der Waals surface area contributed by atoms with Crippen LogP contribution < -0.4 is 14.8 Å². The maximum Gasteiger partial charge on any atom is 0.321 e. The fourth-order valence-corrected chi connectivity index (χ4v) is 3.73. The first-order valence-corrected chi connectivity index (χ1v) is 8.67. The highest BCUT2D eigenvalue weighted by Gasteiger charge is 2.30. The minimum atomic E-state index is -0.820. The Balaban J connectivity index is 1.70. The van der Waals surface area contributed by atoms with Gasteiger partial charge in [-0.15, -0.1) is 11.8 Å². The molecule has 1 aliphatic rings. The van der Waals surface area contributed by atoms with Crippen molar-refractivity contribution in [2.45, 2.75) is 18.0 Å².